The molecule has 28 heavy (non-hydrogen) atoms. The lowest BCUT2D eigenvalue weighted by molar-refractivity contribution is -0.141. The molecule has 1 atom stereocenters. The highest BCUT2D eigenvalue weighted by Gasteiger charge is 2.09. The number of hydrogen-bond acceptors (Lipinski definition) is 1. The first-order valence-corrected chi connectivity index (χ1v) is 12.9. The maximum atomic E-state index is 10.7. The van der Waals surface area contributed by atoms with E-state index in [1.54, 1.807) is 0 Å². The minimum atomic E-state index is -0.645. The average molecular weight is 397 g/mol. The quantitative estimate of drug-likeness (QED) is 0.175. The molecule has 0 rings (SSSR count). The second-order valence-electron chi connectivity index (χ2n) is 9.10. The van der Waals surface area contributed by atoms with E-state index in [1.807, 2.05) is 6.92 Å². The first kappa shape index (κ1) is 27.5. The number of carboxylic acids is 1. The molecule has 0 amide bonds. The normalized spacial score (nSPS) is 12.4. The van der Waals surface area contributed by atoms with Gasteiger partial charge in [0.25, 0.3) is 0 Å². The van der Waals surface area contributed by atoms with Crippen LogP contribution in [0.3, 0.4) is 0 Å². The predicted octanol–water partition coefficient (Wildman–Crippen LogP) is 9.31. The molecule has 0 heterocycles. The zero-order valence-corrected chi connectivity index (χ0v) is 19.5. The Bertz CT molecular complexity index is 314. The maximum Gasteiger partial charge on any atom is 0.306 e. The van der Waals surface area contributed by atoms with Crippen LogP contribution in [0.2, 0.25) is 0 Å². The molecule has 1 N–H and O–H groups in total. The number of rotatable bonds is 23. The van der Waals surface area contributed by atoms with Gasteiger partial charge in [-0.25, -0.2) is 0 Å². The Balaban J connectivity index is 3.04. The van der Waals surface area contributed by atoms with E-state index >= 15 is 0 Å². The summed E-state index contributed by atoms with van der Waals surface area (Å²) < 4.78 is 0. The van der Waals surface area contributed by atoms with Gasteiger partial charge in [-0.2, -0.15) is 0 Å². The van der Waals surface area contributed by atoms with Crippen molar-refractivity contribution in [1.82, 2.24) is 0 Å². The number of unbranched alkanes of at least 4 members (excludes halogenated alkanes) is 20. The topological polar surface area (TPSA) is 37.3 Å². The zero-order chi connectivity index (χ0) is 20.7. The van der Waals surface area contributed by atoms with Gasteiger partial charge in [-0.15, -0.1) is 0 Å². The molecule has 0 bridgehead atoms. The van der Waals surface area contributed by atoms with E-state index in [1.165, 1.54) is 128 Å². The molecule has 0 aliphatic carbocycles. The van der Waals surface area contributed by atoms with E-state index in [9.17, 15) is 4.79 Å². The summed E-state index contributed by atoms with van der Waals surface area (Å²) in [6.45, 7) is 4.11. The summed E-state index contributed by atoms with van der Waals surface area (Å²) in [6.07, 6.45) is 30.1. The van der Waals surface area contributed by atoms with E-state index in [0.29, 0.717) is 0 Å². The number of hydrogen-bond donors (Lipinski definition) is 1. The summed E-state index contributed by atoms with van der Waals surface area (Å²) in [4.78, 5) is 10.7. The van der Waals surface area contributed by atoms with Crippen LogP contribution in [0.5, 0.6) is 0 Å². The van der Waals surface area contributed by atoms with Gasteiger partial charge in [-0.3, -0.25) is 4.79 Å². The van der Waals surface area contributed by atoms with Crippen LogP contribution in [0.4, 0.5) is 0 Å². The van der Waals surface area contributed by atoms with Crippen LogP contribution in [0.15, 0.2) is 0 Å². The molecule has 0 saturated heterocycles. The highest BCUT2D eigenvalue weighted by Crippen LogP contribution is 2.16. The van der Waals surface area contributed by atoms with Gasteiger partial charge in [0.2, 0.25) is 0 Å². The fourth-order valence-corrected chi connectivity index (χ4v) is 4.01. The Hall–Kier alpha value is -0.530. The molecule has 0 aromatic carbocycles. The van der Waals surface area contributed by atoms with Gasteiger partial charge in [-0.1, -0.05) is 149 Å². The molecule has 1 unspecified atom stereocenters. The third-order valence-corrected chi connectivity index (χ3v) is 6.16. The Morgan fingerprint density at radius 3 is 1.04 bits per heavy atom. The highest BCUT2D eigenvalue weighted by atomic mass is 16.4. The van der Waals surface area contributed by atoms with Crippen LogP contribution >= 0.6 is 0 Å². The van der Waals surface area contributed by atoms with Crippen molar-refractivity contribution in [3.8, 4) is 0 Å². The van der Waals surface area contributed by atoms with E-state index in [4.69, 9.17) is 5.11 Å². The van der Waals surface area contributed by atoms with E-state index in [0.717, 1.165) is 12.8 Å². The van der Waals surface area contributed by atoms with Crippen molar-refractivity contribution in [2.75, 3.05) is 0 Å². The van der Waals surface area contributed by atoms with Crippen molar-refractivity contribution < 1.29 is 9.90 Å². The van der Waals surface area contributed by atoms with Crippen LogP contribution < -0.4 is 0 Å². The van der Waals surface area contributed by atoms with Gasteiger partial charge in [0.1, 0.15) is 0 Å². The largest absolute Gasteiger partial charge is 0.481 e. The van der Waals surface area contributed by atoms with Crippen molar-refractivity contribution in [1.29, 1.82) is 0 Å². The number of carbonyl (C=O) groups is 1. The Kier molecular flexibility index (Phi) is 22.3. The molecule has 0 radical (unpaired) electrons. The Morgan fingerprint density at radius 1 is 0.536 bits per heavy atom. The van der Waals surface area contributed by atoms with Gasteiger partial charge in [-0.05, 0) is 6.42 Å². The summed E-state index contributed by atoms with van der Waals surface area (Å²) >= 11 is 0. The standard InChI is InChI=1S/C26H52O2/c1-3-4-5-6-7-8-9-10-11-12-13-14-15-16-17-18-19-20-21-22-23-24-25(2)26(27)28/h25H,3-24H2,1-2H3,(H,27,28). The first-order chi connectivity index (χ1) is 13.7. The van der Waals surface area contributed by atoms with Gasteiger partial charge in [0.05, 0.1) is 5.92 Å². The monoisotopic (exact) mass is 396 g/mol. The van der Waals surface area contributed by atoms with Crippen molar-refractivity contribution in [2.24, 2.45) is 5.92 Å². The molecule has 0 aliphatic rings. The first-order valence-electron chi connectivity index (χ1n) is 12.9. The molecule has 0 aromatic rings. The molecule has 0 spiro atoms. The van der Waals surface area contributed by atoms with Crippen LogP contribution in [0.25, 0.3) is 0 Å². The lowest BCUT2D eigenvalue weighted by Gasteiger charge is -2.06. The molecule has 2 heteroatoms. The fourth-order valence-electron chi connectivity index (χ4n) is 4.01. The summed E-state index contributed by atoms with van der Waals surface area (Å²) in [5, 5.41) is 8.85. The molecule has 168 valence electrons. The SMILES string of the molecule is CCCCCCCCCCCCCCCCCCCCCCCC(C)C(=O)O. The highest BCUT2D eigenvalue weighted by molar-refractivity contribution is 5.69. The molecular weight excluding hydrogens is 344 g/mol. The lowest BCUT2D eigenvalue weighted by atomic mass is 10.0. The molecule has 2 nitrogen and oxygen atoms in total. The summed E-state index contributed by atoms with van der Waals surface area (Å²) in [6, 6.07) is 0. The van der Waals surface area contributed by atoms with Crippen LogP contribution in [0, 0.1) is 5.92 Å². The molecule has 0 saturated carbocycles. The minimum Gasteiger partial charge on any atom is -0.481 e. The summed E-state index contributed by atoms with van der Waals surface area (Å²) in [5.41, 5.74) is 0. The minimum absolute atomic E-state index is 0.166. The van der Waals surface area contributed by atoms with Crippen LogP contribution in [-0.2, 0) is 4.79 Å². The van der Waals surface area contributed by atoms with E-state index in [-0.39, 0.29) is 5.92 Å². The fraction of sp³-hybridized carbons (Fsp3) is 0.962. The lowest BCUT2D eigenvalue weighted by Crippen LogP contribution is -2.08. The van der Waals surface area contributed by atoms with Crippen LogP contribution in [-0.4, -0.2) is 11.1 Å². The van der Waals surface area contributed by atoms with Gasteiger partial charge >= 0.3 is 5.97 Å². The summed E-state index contributed by atoms with van der Waals surface area (Å²) in [5.74, 6) is -0.812. The van der Waals surface area contributed by atoms with Gasteiger partial charge < -0.3 is 5.11 Å². The second-order valence-corrected chi connectivity index (χ2v) is 9.10. The smallest absolute Gasteiger partial charge is 0.306 e. The van der Waals surface area contributed by atoms with Crippen molar-refractivity contribution in [3.05, 3.63) is 0 Å². The Labute approximate surface area is 177 Å². The zero-order valence-electron chi connectivity index (χ0n) is 19.5. The second kappa shape index (κ2) is 22.8. The molecule has 0 aliphatic heterocycles. The van der Waals surface area contributed by atoms with E-state index in [2.05, 4.69) is 6.92 Å². The number of carboxylic acid groups (broad SMARTS) is 1. The average Bonchev–Trinajstić information content (AvgIpc) is 2.68. The third kappa shape index (κ3) is 21.8. The molecule has 0 fully saturated rings. The Morgan fingerprint density at radius 2 is 0.786 bits per heavy atom. The maximum absolute atomic E-state index is 10.7. The molecular formula is C26H52O2. The predicted molar refractivity (Wildman–Crippen MR) is 124 cm³/mol. The van der Waals surface area contributed by atoms with Gasteiger partial charge in [0, 0.05) is 0 Å². The third-order valence-electron chi connectivity index (χ3n) is 6.16. The van der Waals surface area contributed by atoms with Crippen molar-refractivity contribution >= 4 is 5.97 Å². The van der Waals surface area contributed by atoms with E-state index < -0.39 is 5.97 Å². The van der Waals surface area contributed by atoms with Crippen LogP contribution in [0.1, 0.15) is 155 Å². The molecule has 0 aromatic heterocycles. The van der Waals surface area contributed by atoms with Crippen molar-refractivity contribution in [3.63, 3.8) is 0 Å². The summed E-state index contributed by atoms with van der Waals surface area (Å²) in [7, 11) is 0. The van der Waals surface area contributed by atoms with Gasteiger partial charge in [0.15, 0.2) is 0 Å². The van der Waals surface area contributed by atoms with Crippen molar-refractivity contribution in [2.45, 2.75) is 155 Å². The number of aliphatic carboxylic acids is 1.